The van der Waals surface area contributed by atoms with Crippen molar-refractivity contribution in [2.45, 2.75) is 64.3 Å². The van der Waals surface area contributed by atoms with Gasteiger partial charge in [0.15, 0.2) is 0 Å². The van der Waals surface area contributed by atoms with Gasteiger partial charge in [-0.15, -0.1) is 0 Å². The van der Waals surface area contributed by atoms with Crippen molar-refractivity contribution < 1.29 is 4.79 Å². The first-order valence-corrected chi connectivity index (χ1v) is 7.13. The lowest BCUT2D eigenvalue weighted by molar-refractivity contribution is -0.125. The van der Waals surface area contributed by atoms with E-state index >= 15 is 0 Å². The molecule has 0 aromatic rings. The van der Waals surface area contributed by atoms with Crippen LogP contribution in [0.2, 0.25) is 0 Å². The molecule has 2 rings (SSSR count). The molecule has 2 saturated carbocycles. The molecule has 1 amide bonds. The number of nitrogens with one attached hydrogen (secondary N) is 1. The van der Waals surface area contributed by atoms with Crippen LogP contribution in [0.25, 0.3) is 0 Å². The molecule has 17 heavy (non-hydrogen) atoms. The van der Waals surface area contributed by atoms with Crippen molar-refractivity contribution in [2.75, 3.05) is 6.54 Å². The van der Waals surface area contributed by atoms with Crippen molar-refractivity contribution in [3.63, 3.8) is 0 Å². The molecule has 0 aromatic heterocycles. The Kier molecular flexibility index (Phi) is 4.08. The number of carbonyl (C=O) groups excluding carboxylic acids is 1. The van der Waals surface area contributed by atoms with Gasteiger partial charge in [0.25, 0.3) is 0 Å². The fourth-order valence-corrected chi connectivity index (χ4v) is 3.15. The van der Waals surface area contributed by atoms with Crippen LogP contribution in [0.5, 0.6) is 0 Å². The summed E-state index contributed by atoms with van der Waals surface area (Å²) >= 11 is 0. The van der Waals surface area contributed by atoms with Crippen LogP contribution in [0.1, 0.15) is 58.3 Å². The fourth-order valence-electron chi connectivity index (χ4n) is 3.15. The lowest BCUT2D eigenvalue weighted by Crippen LogP contribution is -2.44. The van der Waals surface area contributed by atoms with E-state index < -0.39 is 0 Å². The zero-order valence-electron chi connectivity index (χ0n) is 11.0. The van der Waals surface area contributed by atoms with Crippen LogP contribution in [0.3, 0.4) is 0 Å². The first-order valence-electron chi connectivity index (χ1n) is 7.13. The van der Waals surface area contributed by atoms with E-state index in [4.69, 9.17) is 5.73 Å². The lowest BCUT2D eigenvalue weighted by Gasteiger charge is -2.41. The number of hydrogen-bond donors (Lipinski definition) is 2. The second-order valence-corrected chi connectivity index (χ2v) is 6.26. The average Bonchev–Trinajstić information content (AvgIpc) is 2.27. The predicted molar refractivity (Wildman–Crippen MR) is 69.5 cm³/mol. The maximum absolute atomic E-state index is 12.0. The van der Waals surface area contributed by atoms with Gasteiger partial charge in [0.05, 0.1) is 0 Å². The van der Waals surface area contributed by atoms with Crippen LogP contribution in [0.15, 0.2) is 0 Å². The van der Waals surface area contributed by atoms with Gasteiger partial charge >= 0.3 is 0 Å². The summed E-state index contributed by atoms with van der Waals surface area (Å²) in [7, 11) is 0. The highest BCUT2D eigenvalue weighted by Crippen LogP contribution is 2.42. The van der Waals surface area contributed by atoms with Crippen LogP contribution in [-0.4, -0.2) is 18.5 Å². The summed E-state index contributed by atoms with van der Waals surface area (Å²) in [6, 6.07) is 0.425. The number of hydrogen-bond acceptors (Lipinski definition) is 2. The normalized spacial score (nSPS) is 31.6. The summed E-state index contributed by atoms with van der Waals surface area (Å²) < 4.78 is 0. The molecular formula is C14H26N2O. The van der Waals surface area contributed by atoms with Gasteiger partial charge in [-0.05, 0) is 56.4 Å². The minimum Gasteiger partial charge on any atom is -0.353 e. The molecule has 0 aliphatic heterocycles. The lowest BCUT2D eigenvalue weighted by atomic mass is 9.66. The smallest absolute Gasteiger partial charge is 0.220 e. The van der Waals surface area contributed by atoms with Gasteiger partial charge < -0.3 is 11.1 Å². The summed E-state index contributed by atoms with van der Waals surface area (Å²) in [5.74, 6) is 1.07. The molecule has 0 bridgehead atoms. The molecule has 0 saturated heterocycles. The van der Waals surface area contributed by atoms with Gasteiger partial charge in [-0.25, -0.2) is 0 Å². The molecule has 2 aliphatic carbocycles. The summed E-state index contributed by atoms with van der Waals surface area (Å²) in [5, 5.41) is 3.20. The SMILES string of the molecule is CC1CCC(NC(=O)CC2(CN)CCC2)CC1. The highest BCUT2D eigenvalue weighted by molar-refractivity contribution is 5.77. The maximum Gasteiger partial charge on any atom is 0.220 e. The summed E-state index contributed by atoms with van der Waals surface area (Å²) in [4.78, 5) is 12.0. The monoisotopic (exact) mass is 238 g/mol. The Balaban J connectivity index is 1.73. The third-order valence-corrected chi connectivity index (χ3v) is 4.76. The van der Waals surface area contributed by atoms with Crippen molar-refractivity contribution in [2.24, 2.45) is 17.1 Å². The Morgan fingerprint density at radius 2 is 1.94 bits per heavy atom. The third-order valence-electron chi connectivity index (χ3n) is 4.76. The molecule has 2 aliphatic rings. The molecular weight excluding hydrogens is 212 g/mol. The average molecular weight is 238 g/mol. The van der Waals surface area contributed by atoms with Gasteiger partial charge in [-0.1, -0.05) is 13.3 Å². The highest BCUT2D eigenvalue weighted by Gasteiger charge is 2.37. The Morgan fingerprint density at radius 3 is 2.41 bits per heavy atom. The van der Waals surface area contributed by atoms with Crippen molar-refractivity contribution in [3.05, 3.63) is 0 Å². The van der Waals surface area contributed by atoms with E-state index in [0.29, 0.717) is 19.0 Å². The fraction of sp³-hybridized carbons (Fsp3) is 0.929. The third kappa shape index (κ3) is 3.21. The van der Waals surface area contributed by atoms with E-state index in [1.54, 1.807) is 0 Å². The van der Waals surface area contributed by atoms with Crippen LogP contribution in [-0.2, 0) is 4.79 Å². The second-order valence-electron chi connectivity index (χ2n) is 6.26. The molecule has 0 spiro atoms. The van der Waals surface area contributed by atoms with Crippen molar-refractivity contribution in [3.8, 4) is 0 Å². The van der Waals surface area contributed by atoms with Gasteiger partial charge in [-0.2, -0.15) is 0 Å². The topological polar surface area (TPSA) is 55.1 Å². The molecule has 0 atom stereocenters. The Morgan fingerprint density at radius 1 is 1.29 bits per heavy atom. The summed E-state index contributed by atoms with van der Waals surface area (Å²) in [6.45, 7) is 2.97. The first kappa shape index (κ1) is 12.9. The summed E-state index contributed by atoms with van der Waals surface area (Å²) in [5.41, 5.74) is 5.93. The number of carbonyl (C=O) groups is 1. The molecule has 2 fully saturated rings. The van der Waals surface area contributed by atoms with Crippen molar-refractivity contribution in [1.29, 1.82) is 0 Å². The molecule has 0 aromatic carbocycles. The standard InChI is InChI=1S/C14H26N2O/c1-11-3-5-12(6-4-11)16-13(17)9-14(10-15)7-2-8-14/h11-12H,2-10,15H2,1H3,(H,16,17). The molecule has 3 N–H and O–H groups in total. The van der Waals surface area contributed by atoms with Crippen molar-refractivity contribution >= 4 is 5.91 Å². The van der Waals surface area contributed by atoms with E-state index in [-0.39, 0.29) is 11.3 Å². The Hall–Kier alpha value is -0.570. The second kappa shape index (κ2) is 5.38. The number of nitrogens with two attached hydrogens (primary N) is 1. The van der Waals surface area contributed by atoms with E-state index in [9.17, 15) is 4.79 Å². The van der Waals surface area contributed by atoms with Gasteiger partial charge in [0.2, 0.25) is 5.91 Å². The Labute approximate surface area is 105 Å². The molecule has 3 heteroatoms. The summed E-state index contributed by atoms with van der Waals surface area (Å²) in [6.07, 6.45) is 8.99. The van der Waals surface area contributed by atoms with Gasteiger partial charge in [0, 0.05) is 12.5 Å². The van der Waals surface area contributed by atoms with Crippen LogP contribution >= 0.6 is 0 Å². The van der Waals surface area contributed by atoms with E-state index in [2.05, 4.69) is 12.2 Å². The molecule has 0 heterocycles. The predicted octanol–water partition coefficient (Wildman–Crippen LogP) is 2.20. The van der Waals surface area contributed by atoms with E-state index in [1.165, 1.54) is 19.3 Å². The zero-order valence-corrected chi connectivity index (χ0v) is 11.0. The largest absolute Gasteiger partial charge is 0.353 e. The van der Waals surface area contributed by atoms with Gasteiger partial charge in [0.1, 0.15) is 0 Å². The Bertz CT molecular complexity index is 260. The maximum atomic E-state index is 12.0. The molecule has 3 nitrogen and oxygen atoms in total. The van der Waals surface area contributed by atoms with Crippen LogP contribution in [0, 0.1) is 11.3 Å². The minimum absolute atomic E-state index is 0.145. The quantitative estimate of drug-likeness (QED) is 0.789. The molecule has 0 radical (unpaired) electrons. The first-order chi connectivity index (χ1) is 8.13. The molecule has 0 unspecified atom stereocenters. The zero-order chi connectivity index (χ0) is 12.3. The van der Waals surface area contributed by atoms with E-state index in [1.807, 2.05) is 0 Å². The number of amides is 1. The molecule has 98 valence electrons. The van der Waals surface area contributed by atoms with Crippen LogP contribution in [0.4, 0.5) is 0 Å². The van der Waals surface area contributed by atoms with Crippen LogP contribution < -0.4 is 11.1 Å². The van der Waals surface area contributed by atoms with Gasteiger partial charge in [-0.3, -0.25) is 4.79 Å². The minimum atomic E-state index is 0.145. The number of rotatable bonds is 4. The van der Waals surface area contributed by atoms with E-state index in [0.717, 1.165) is 31.6 Å². The highest BCUT2D eigenvalue weighted by atomic mass is 16.1. The van der Waals surface area contributed by atoms with Crippen molar-refractivity contribution in [1.82, 2.24) is 5.32 Å².